The highest BCUT2D eigenvalue weighted by Gasteiger charge is 2.13. The zero-order valence-electron chi connectivity index (χ0n) is 13.2. The summed E-state index contributed by atoms with van der Waals surface area (Å²) in [5.41, 5.74) is 3.11. The van der Waals surface area contributed by atoms with Crippen LogP contribution in [0.4, 0.5) is 10.5 Å². The van der Waals surface area contributed by atoms with Crippen molar-refractivity contribution in [2.75, 3.05) is 18.6 Å². The van der Waals surface area contributed by atoms with Crippen molar-refractivity contribution in [2.24, 2.45) is 0 Å². The van der Waals surface area contributed by atoms with Crippen molar-refractivity contribution in [2.45, 2.75) is 6.92 Å². The molecule has 124 valence electrons. The molecule has 2 aromatic heterocycles. The van der Waals surface area contributed by atoms with Crippen LogP contribution in [-0.2, 0) is 4.74 Å². The second-order valence-corrected chi connectivity index (χ2v) is 5.98. The molecule has 0 bridgehead atoms. The third-order valence-electron chi connectivity index (χ3n) is 3.58. The maximum absolute atomic E-state index is 11.8. The molecule has 0 atom stereocenters. The number of benzene rings is 1. The van der Waals surface area contributed by atoms with Gasteiger partial charge in [-0.25, -0.2) is 9.78 Å². The zero-order valence-corrected chi connectivity index (χ0v) is 14.7. The second kappa shape index (κ2) is 6.71. The highest BCUT2D eigenvalue weighted by Crippen LogP contribution is 2.28. The van der Waals surface area contributed by atoms with Crippen molar-refractivity contribution in [3.63, 3.8) is 0 Å². The van der Waals surface area contributed by atoms with Gasteiger partial charge in [-0.3, -0.25) is 4.90 Å². The third-order valence-corrected chi connectivity index (χ3v) is 4.32. The molecular weight excluding hydrogens is 349 g/mol. The number of carbonyl (C=O) groups is 1. The number of carbonyl (C=O) groups excluding carboxylic acids is 1. The third kappa shape index (κ3) is 3.18. The van der Waals surface area contributed by atoms with Crippen LogP contribution in [0.25, 0.3) is 16.9 Å². The fourth-order valence-electron chi connectivity index (χ4n) is 2.30. The highest BCUT2D eigenvalue weighted by atomic mass is 35.5. The van der Waals surface area contributed by atoms with Gasteiger partial charge < -0.3 is 9.14 Å². The van der Waals surface area contributed by atoms with E-state index in [9.17, 15) is 4.79 Å². The van der Waals surface area contributed by atoms with E-state index in [1.807, 2.05) is 35.0 Å². The van der Waals surface area contributed by atoms with Gasteiger partial charge in [-0.15, -0.1) is 0 Å². The number of pyridine rings is 1. The Balaban J connectivity index is 1.97. The second-order valence-electron chi connectivity index (χ2n) is 5.17. The van der Waals surface area contributed by atoms with E-state index in [-0.39, 0.29) is 0 Å². The van der Waals surface area contributed by atoms with Crippen LogP contribution in [0.1, 0.15) is 6.92 Å². The number of halogens is 2. The topological polar surface area (TPSA) is 46.8 Å². The Bertz CT molecular complexity index is 908. The number of ether oxygens (including phenoxy) is 1. The minimum atomic E-state index is -0.401. The predicted molar refractivity (Wildman–Crippen MR) is 96.1 cm³/mol. The lowest BCUT2D eigenvalue weighted by atomic mass is 10.2. The lowest BCUT2D eigenvalue weighted by molar-refractivity contribution is 0.161. The van der Waals surface area contributed by atoms with Crippen LogP contribution in [0.2, 0.25) is 10.0 Å². The number of hydrogen-bond donors (Lipinski definition) is 0. The first kappa shape index (κ1) is 16.6. The molecule has 0 radical (unpaired) electrons. The van der Waals surface area contributed by atoms with E-state index in [0.29, 0.717) is 22.3 Å². The standard InChI is InChI=1S/C17H15Cl2N3O2/c1-3-24-17(23)21(2)12-5-7-16-20-15(10-22(16)9-12)11-4-6-13(18)14(19)8-11/h4-10H,3H2,1-2H3. The molecule has 1 amide bonds. The first-order valence-electron chi connectivity index (χ1n) is 7.34. The number of amides is 1. The summed E-state index contributed by atoms with van der Waals surface area (Å²) < 4.78 is 6.85. The van der Waals surface area contributed by atoms with Gasteiger partial charge in [0.05, 0.1) is 28.0 Å². The van der Waals surface area contributed by atoms with Crippen LogP contribution in [-0.4, -0.2) is 29.1 Å². The number of imidazole rings is 1. The average molecular weight is 364 g/mol. The summed E-state index contributed by atoms with van der Waals surface area (Å²) >= 11 is 12.0. The van der Waals surface area contributed by atoms with Crippen molar-refractivity contribution in [3.05, 3.63) is 52.8 Å². The quantitative estimate of drug-likeness (QED) is 0.664. The Morgan fingerprint density at radius 2 is 2.00 bits per heavy atom. The van der Waals surface area contributed by atoms with Crippen molar-refractivity contribution < 1.29 is 9.53 Å². The Hall–Kier alpha value is -2.24. The van der Waals surface area contributed by atoms with Gasteiger partial charge in [-0.2, -0.15) is 0 Å². The molecule has 1 aromatic carbocycles. The fourth-order valence-corrected chi connectivity index (χ4v) is 2.60. The minimum absolute atomic E-state index is 0.331. The summed E-state index contributed by atoms with van der Waals surface area (Å²) in [5, 5.41) is 0.983. The molecule has 0 fully saturated rings. The molecule has 7 heteroatoms. The minimum Gasteiger partial charge on any atom is -0.449 e. The van der Waals surface area contributed by atoms with Gasteiger partial charge in [0, 0.05) is 25.0 Å². The molecule has 3 rings (SSSR count). The Labute approximate surface area is 149 Å². The van der Waals surface area contributed by atoms with Gasteiger partial charge in [-0.05, 0) is 31.2 Å². The molecule has 24 heavy (non-hydrogen) atoms. The molecule has 0 saturated carbocycles. The van der Waals surface area contributed by atoms with Crippen LogP contribution in [0, 0.1) is 0 Å². The summed E-state index contributed by atoms with van der Waals surface area (Å²) in [4.78, 5) is 17.8. The Kier molecular flexibility index (Phi) is 4.64. The van der Waals surface area contributed by atoms with Crippen molar-refractivity contribution in [3.8, 4) is 11.3 Å². The highest BCUT2D eigenvalue weighted by molar-refractivity contribution is 6.42. The molecule has 0 unspecified atom stereocenters. The first-order chi connectivity index (χ1) is 11.5. The number of fused-ring (bicyclic) bond motifs is 1. The summed E-state index contributed by atoms with van der Waals surface area (Å²) in [6.07, 6.45) is 3.29. The summed E-state index contributed by atoms with van der Waals surface area (Å²) in [7, 11) is 1.66. The molecule has 5 nitrogen and oxygen atoms in total. The summed E-state index contributed by atoms with van der Waals surface area (Å²) in [6.45, 7) is 2.10. The van der Waals surface area contributed by atoms with Gasteiger partial charge in [0.25, 0.3) is 0 Å². The smallest absolute Gasteiger partial charge is 0.414 e. The molecule has 2 heterocycles. The van der Waals surface area contributed by atoms with E-state index in [4.69, 9.17) is 27.9 Å². The van der Waals surface area contributed by atoms with Crippen molar-refractivity contribution >= 4 is 40.6 Å². The SMILES string of the molecule is CCOC(=O)N(C)c1ccc2nc(-c3ccc(Cl)c(Cl)c3)cn2c1. The predicted octanol–water partition coefficient (Wildman–Crippen LogP) is 4.90. The molecule has 0 saturated heterocycles. The Morgan fingerprint density at radius 1 is 1.21 bits per heavy atom. The van der Waals surface area contributed by atoms with Crippen LogP contribution in [0.5, 0.6) is 0 Å². The van der Waals surface area contributed by atoms with Gasteiger partial charge in [0.15, 0.2) is 0 Å². The molecule has 3 aromatic rings. The molecule has 0 aliphatic carbocycles. The van der Waals surface area contributed by atoms with Crippen LogP contribution >= 0.6 is 23.2 Å². The summed E-state index contributed by atoms with van der Waals surface area (Å²) in [6, 6.07) is 9.03. The lowest BCUT2D eigenvalue weighted by Gasteiger charge is -2.16. The van der Waals surface area contributed by atoms with Crippen molar-refractivity contribution in [1.82, 2.24) is 9.38 Å². The van der Waals surface area contributed by atoms with Crippen molar-refractivity contribution in [1.29, 1.82) is 0 Å². The molecule has 0 N–H and O–H groups in total. The van der Waals surface area contributed by atoms with Crippen LogP contribution in [0.3, 0.4) is 0 Å². The first-order valence-corrected chi connectivity index (χ1v) is 8.10. The molecule has 0 spiro atoms. The normalized spacial score (nSPS) is 10.8. The number of aromatic nitrogens is 2. The molecule has 0 aliphatic rings. The maximum Gasteiger partial charge on any atom is 0.414 e. The fraction of sp³-hybridized carbons (Fsp3) is 0.176. The number of nitrogens with zero attached hydrogens (tertiary/aromatic N) is 3. The average Bonchev–Trinajstić information content (AvgIpc) is 3.00. The number of anilines is 1. The van der Waals surface area contributed by atoms with E-state index in [0.717, 1.165) is 16.9 Å². The van der Waals surface area contributed by atoms with E-state index in [1.54, 1.807) is 26.1 Å². The van der Waals surface area contributed by atoms with Gasteiger partial charge in [0.1, 0.15) is 5.65 Å². The summed E-state index contributed by atoms with van der Waals surface area (Å²) in [5.74, 6) is 0. The van der Waals surface area contributed by atoms with Crippen LogP contribution in [0.15, 0.2) is 42.7 Å². The maximum atomic E-state index is 11.8. The Morgan fingerprint density at radius 3 is 2.71 bits per heavy atom. The van der Waals surface area contributed by atoms with E-state index < -0.39 is 6.09 Å². The van der Waals surface area contributed by atoms with E-state index in [2.05, 4.69) is 4.98 Å². The molecule has 0 aliphatic heterocycles. The largest absolute Gasteiger partial charge is 0.449 e. The lowest BCUT2D eigenvalue weighted by Crippen LogP contribution is -2.27. The van der Waals surface area contributed by atoms with E-state index in [1.165, 1.54) is 4.90 Å². The van der Waals surface area contributed by atoms with E-state index >= 15 is 0 Å². The molecular formula is C17H15Cl2N3O2. The van der Waals surface area contributed by atoms with Crippen LogP contribution < -0.4 is 4.90 Å². The number of rotatable bonds is 3. The van der Waals surface area contributed by atoms with Gasteiger partial charge in [0.2, 0.25) is 0 Å². The zero-order chi connectivity index (χ0) is 17.3. The monoisotopic (exact) mass is 363 g/mol. The van der Waals surface area contributed by atoms with Gasteiger partial charge in [-0.1, -0.05) is 29.3 Å². The number of hydrogen-bond acceptors (Lipinski definition) is 3. The van der Waals surface area contributed by atoms with Gasteiger partial charge >= 0.3 is 6.09 Å².